The molecule has 0 saturated carbocycles. The number of nitrogens with zero attached hydrogens (tertiary/aromatic N) is 4. The number of ether oxygens (including phenoxy) is 1. The average molecular weight is 236 g/mol. The molecule has 0 fully saturated rings. The van der Waals surface area contributed by atoms with Gasteiger partial charge in [0.2, 0.25) is 0 Å². The van der Waals surface area contributed by atoms with E-state index < -0.39 is 6.10 Å². The minimum absolute atomic E-state index is 0.573. The van der Waals surface area contributed by atoms with E-state index in [1.54, 1.807) is 35.9 Å². The Balaban J connectivity index is 2.35. The molecule has 0 amide bonds. The Morgan fingerprint density at radius 2 is 2.18 bits per heavy atom. The molecule has 0 aromatic carbocycles. The summed E-state index contributed by atoms with van der Waals surface area (Å²) in [4.78, 5) is 0. The molecule has 6 nitrogen and oxygen atoms in total. The lowest BCUT2D eigenvalue weighted by Gasteiger charge is -2.10. The summed E-state index contributed by atoms with van der Waals surface area (Å²) in [6, 6.07) is 0. The van der Waals surface area contributed by atoms with Gasteiger partial charge in [-0.15, -0.1) is 0 Å². The molecule has 2 heterocycles. The summed E-state index contributed by atoms with van der Waals surface area (Å²) in [5.41, 5.74) is 1.36. The van der Waals surface area contributed by atoms with Gasteiger partial charge in [-0.1, -0.05) is 0 Å². The predicted molar refractivity (Wildman–Crippen MR) is 61.7 cm³/mol. The van der Waals surface area contributed by atoms with Crippen LogP contribution in [0.2, 0.25) is 0 Å². The summed E-state index contributed by atoms with van der Waals surface area (Å²) in [6.07, 6.45) is 4.28. The van der Waals surface area contributed by atoms with Crippen molar-refractivity contribution in [2.45, 2.75) is 19.6 Å². The maximum Gasteiger partial charge on any atom is 0.162 e. The van der Waals surface area contributed by atoms with E-state index in [2.05, 4.69) is 10.2 Å². The van der Waals surface area contributed by atoms with E-state index in [1.807, 2.05) is 13.1 Å². The van der Waals surface area contributed by atoms with Crippen LogP contribution in [0.4, 0.5) is 0 Å². The molecule has 1 N–H and O–H groups in total. The fourth-order valence-electron chi connectivity index (χ4n) is 1.75. The third kappa shape index (κ3) is 2.03. The molecule has 0 radical (unpaired) electrons. The highest BCUT2D eigenvalue weighted by Crippen LogP contribution is 2.28. The molecule has 2 aromatic rings. The number of aliphatic hydroxyl groups excluding tert-OH is 1. The van der Waals surface area contributed by atoms with Crippen LogP contribution < -0.4 is 4.74 Å². The molecule has 0 aliphatic carbocycles. The van der Waals surface area contributed by atoms with Crippen molar-refractivity contribution in [1.29, 1.82) is 0 Å². The van der Waals surface area contributed by atoms with Crippen molar-refractivity contribution in [1.82, 2.24) is 19.6 Å². The number of hydrogen-bond acceptors (Lipinski definition) is 4. The van der Waals surface area contributed by atoms with Crippen LogP contribution in [0.25, 0.3) is 0 Å². The van der Waals surface area contributed by atoms with Gasteiger partial charge in [0.05, 0.1) is 19.5 Å². The topological polar surface area (TPSA) is 65.1 Å². The molecule has 0 bridgehead atoms. The molecule has 2 aromatic heterocycles. The van der Waals surface area contributed by atoms with Crippen LogP contribution in [0.15, 0.2) is 18.6 Å². The summed E-state index contributed by atoms with van der Waals surface area (Å²) in [5.74, 6) is 0.573. The zero-order valence-electron chi connectivity index (χ0n) is 10.2. The van der Waals surface area contributed by atoms with Crippen LogP contribution in [-0.2, 0) is 13.6 Å². The minimum atomic E-state index is -0.780. The van der Waals surface area contributed by atoms with Crippen LogP contribution in [0.5, 0.6) is 5.75 Å². The van der Waals surface area contributed by atoms with Crippen molar-refractivity contribution >= 4 is 0 Å². The minimum Gasteiger partial charge on any atom is -0.493 e. The van der Waals surface area contributed by atoms with Gasteiger partial charge >= 0.3 is 0 Å². The quantitative estimate of drug-likeness (QED) is 0.849. The molecule has 6 heteroatoms. The monoisotopic (exact) mass is 236 g/mol. The zero-order chi connectivity index (χ0) is 12.4. The van der Waals surface area contributed by atoms with Crippen molar-refractivity contribution in [3.8, 4) is 5.75 Å². The van der Waals surface area contributed by atoms with E-state index in [4.69, 9.17) is 4.74 Å². The molecule has 1 unspecified atom stereocenters. The van der Waals surface area contributed by atoms with Gasteiger partial charge in [-0.2, -0.15) is 10.2 Å². The van der Waals surface area contributed by atoms with Gasteiger partial charge in [0.25, 0.3) is 0 Å². The van der Waals surface area contributed by atoms with Crippen molar-refractivity contribution < 1.29 is 9.84 Å². The molecule has 0 spiro atoms. The van der Waals surface area contributed by atoms with Gasteiger partial charge in [0.1, 0.15) is 11.8 Å². The number of rotatable bonds is 4. The molecule has 2 rings (SSSR count). The van der Waals surface area contributed by atoms with E-state index in [9.17, 15) is 5.11 Å². The summed E-state index contributed by atoms with van der Waals surface area (Å²) in [6.45, 7) is 2.77. The second-order valence-electron chi connectivity index (χ2n) is 3.75. The van der Waals surface area contributed by atoms with Crippen LogP contribution in [0, 0.1) is 0 Å². The van der Waals surface area contributed by atoms with Gasteiger partial charge in [0, 0.05) is 25.4 Å². The van der Waals surface area contributed by atoms with Crippen molar-refractivity contribution in [3.05, 3.63) is 29.8 Å². The third-order valence-electron chi connectivity index (χ3n) is 2.72. The number of aliphatic hydroxyl groups is 1. The molecule has 0 aliphatic rings. The fourth-order valence-corrected chi connectivity index (χ4v) is 1.75. The lowest BCUT2D eigenvalue weighted by atomic mass is 10.1. The van der Waals surface area contributed by atoms with Crippen molar-refractivity contribution in [2.24, 2.45) is 7.05 Å². The molecule has 0 aliphatic heterocycles. The van der Waals surface area contributed by atoms with Crippen molar-refractivity contribution in [3.63, 3.8) is 0 Å². The SMILES string of the molecule is CCn1cc(C(O)c2c(OC)cnn2C)cn1. The lowest BCUT2D eigenvalue weighted by Crippen LogP contribution is -2.07. The van der Waals surface area contributed by atoms with Gasteiger partial charge in [-0.3, -0.25) is 9.36 Å². The smallest absolute Gasteiger partial charge is 0.162 e. The Morgan fingerprint density at radius 3 is 2.76 bits per heavy atom. The first kappa shape index (κ1) is 11.7. The Bertz CT molecular complexity index is 503. The van der Waals surface area contributed by atoms with E-state index in [0.717, 1.165) is 12.1 Å². The highest BCUT2D eigenvalue weighted by Gasteiger charge is 2.21. The number of aryl methyl sites for hydroxylation is 2. The second-order valence-corrected chi connectivity index (χ2v) is 3.75. The molecular formula is C11H16N4O2. The fraction of sp³-hybridized carbons (Fsp3) is 0.455. The molecule has 0 saturated heterocycles. The Labute approximate surface area is 99.4 Å². The second kappa shape index (κ2) is 4.58. The maximum atomic E-state index is 10.3. The third-order valence-corrected chi connectivity index (χ3v) is 2.72. The molecule has 92 valence electrons. The summed E-state index contributed by atoms with van der Waals surface area (Å²) >= 11 is 0. The lowest BCUT2D eigenvalue weighted by molar-refractivity contribution is 0.204. The first-order valence-electron chi connectivity index (χ1n) is 5.43. The summed E-state index contributed by atoms with van der Waals surface area (Å²) in [7, 11) is 3.33. The first-order valence-corrected chi connectivity index (χ1v) is 5.43. The van der Waals surface area contributed by atoms with Gasteiger partial charge in [-0.05, 0) is 6.92 Å². The highest BCUT2D eigenvalue weighted by atomic mass is 16.5. The Morgan fingerprint density at radius 1 is 1.41 bits per heavy atom. The zero-order valence-corrected chi connectivity index (χ0v) is 10.2. The van der Waals surface area contributed by atoms with Crippen LogP contribution in [0.1, 0.15) is 24.3 Å². The number of aromatic nitrogens is 4. The van der Waals surface area contributed by atoms with Crippen LogP contribution in [-0.4, -0.2) is 31.8 Å². The Kier molecular flexibility index (Phi) is 3.14. The molecule has 17 heavy (non-hydrogen) atoms. The van der Waals surface area contributed by atoms with Gasteiger partial charge in [0.15, 0.2) is 5.75 Å². The van der Waals surface area contributed by atoms with Crippen LogP contribution >= 0.6 is 0 Å². The largest absolute Gasteiger partial charge is 0.493 e. The van der Waals surface area contributed by atoms with Crippen molar-refractivity contribution in [2.75, 3.05) is 7.11 Å². The van der Waals surface area contributed by atoms with E-state index in [1.165, 1.54) is 0 Å². The average Bonchev–Trinajstić information content (AvgIpc) is 2.94. The van der Waals surface area contributed by atoms with Gasteiger partial charge < -0.3 is 9.84 Å². The van der Waals surface area contributed by atoms with Gasteiger partial charge in [-0.25, -0.2) is 0 Å². The van der Waals surface area contributed by atoms with E-state index >= 15 is 0 Å². The van der Waals surface area contributed by atoms with E-state index in [-0.39, 0.29) is 0 Å². The summed E-state index contributed by atoms with van der Waals surface area (Å²) < 4.78 is 8.54. The molecule has 1 atom stereocenters. The highest BCUT2D eigenvalue weighted by molar-refractivity contribution is 5.32. The number of hydrogen-bond donors (Lipinski definition) is 1. The number of methoxy groups -OCH3 is 1. The normalized spacial score (nSPS) is 12.7. The van der Waals surface area contributed by atoms with Crippen LogP contribution in [0.3, 0.4) is 0 Å². The summed E-state index contributed by atoms with van der Waals surface area (Å²) in [5, 5.41) is 18.5. The van der Waals surface area contributed by atoms with E-state index in [0.29, 0.717) is 11.4 Å². The molecular weight excluding hydrogens is 220 g/mol. The maximum absolute atomic E-state index is 10.3. The first-order chi connectivity index (χ1) is 8.17. The Hall–Kier alpha value is -1.82. The predicted octanol–water partition coefficient (Wildman–Crippen LogP) is 0.727. The standard InChI is InChI=1S/C11H16N4O2/c1-4-15-7-8(5-13-15)11(16)10-9(17-3)6-12-14(10)2/h5-7,11,16H,4H2,1-3H3.